The first-order valence-corrected chi connectivity index (χ1v) is 16.7. The van der Waals surface area contributed by atoms with Gasteiger partial charge < -0.3 is 20.5 Å². The number of unbranched alkanes of at least 4 members (excludes halogenated alkanes) is 5. The summed E-state index contributed by atoms with van der Waals surface area (Å²) in [6.45, 7) is 2.24. The molecule has 0 atom stereocenters. The number of hydrogen-bond acceptors (Lipinski definition) is 8. The lowest BCUT2D eigenvalue weighted by atomic mass is 10.1. The number of nitrogens with one attached hydrogen (secondary N) is 1. The second-order valence-corrected chi connectivity index (χ2v) is 13.3. The predicted octanol–water partition coefficient (Wildman–Crippen LogP) is 8.32. The van der Waals surface area contributed by atoms with Crippen molar-refractivity contribution in [2.75, 3.05) is 36.8 Å². The molecular formula is C33H42N4O3S2. The lowest BCUT2D eigenvalue weighted by Crippen LogP contribution is -2.39. The van der Waals surface area contributed by atoms with Crippen LogP contribution in [0.2, 0.25) is 0 Å². The molecule has 1 saturated heterocycles. The number of nitrogens with zero attached hydrogens (tertiary/aromatic N) is 2. The minimum absolute atomic E-state index is 0.0930. The summed E-state index contributed by atoms with van der Waals surface area (Å²) < 4.78 is 10.3. The van der Waals surface area contributed by atoms with Crippen molar-refractivity contribution in [1.82, 2.24) is 9.97 Å². The van der Waals surface area contributed by atoms with Crippen LogP contribution in [-0.4, -0.2) is 45.7 Å². The number of fused-ring (bicyclic) bond motifs is 2. The average molecular weight is 607 g/mol. The first-order chi connectivity index (χ1) is 20.5. The first kappa shape index (κ1) is 31.8. The summed E-state index contributed by atoms with van der Waals surface area (Å²) in [5, 5.41) is 5.08. The van der Waals surface area contributed by atoms with Gasteiger partial charge in [0.2, 0.25) is 0 Å². The Morgan fingerprint density at radius 1 is 0.857 bits per heavy atom. The van der Waals surface area contributed by atoms with E-state index in [1.165, 1.54) is 38.5 Å². The molecule has 1 aliphatic heterocycles. The number of benzene rings is 2. The van der Waals surface area contributed by atoms with Crippen LogP contribution in [0.1, 0.15) is 58.3 Å². The van der Waals surface area contributed by atoms with Gasteiger partial charge in [0.15, 0.2) is 0 Å². The van der Waals surface area contributed by atoms with Crippen molar-refractivity contribution in [3.8, 4) is 11.5 Å². The zero-order valence-electron chi connectivity index (χ0n) is 24.9. The molecule has 1 amide bonds. The predicted molar refractivity (Wildman–Crippen MR) is 180 cm³/mol. The van der Waals surface area contributed by atoms with Crippen molar-refractivity contribution >= 4 is 62.6 Å². The van der Waals surface area contributed by atoms with Crippen LogP contribution in [-0.2, 0) is 4.79 Å². The normalized spacial score (nSPS) is 14.2. The second-order valence-electron chi connectivity index (χ2n) is 10.2. The Kier molecular flexibility index (Phi) is 12.0. The van der Waals surface area contributed by atoms with Crippen LogP contribution in [0.3, 0.4) is 0 Å². The zero-order chi connectivity index (χ0) is 29.8. The highest BCUT2D eigenvalue weighted by Gasteiger charge is 2.41. The van der Waals surface area contributed by atoms with Crippen LogP contribution < -0.4 is 20.5 Å². The summed E-state index contributed by atoms with van der Waals surface area (Å²) in [4.78, 5) is 22.1. The smallest absolute Gasteiger partial charge is 0.250 e. The van der Waals surface area contributed by atoms with Crippen LogP contribution in [0.4, 0.5) is 11.4 Å². The third kappa shape index (κ3) is 7.81. The molecule has 4 aromatic rings. The van der Waals surface area contributed by atoms with Gasteiger partial charge in [0.1, 0.15) is 15.6 Å². The summed E-state index contributed by atoms with van der Waals surface area (Å²) in [7, 11) is 3.25. The van der Waals surface area contributed by atoms with E-state index in [-0.39, 0.29) is 5.91 Å². The number of rotatable bonds is 11. The molecule has 3 heterocycles. The Morgan fingerprint density at radius 2 is 1.45 bits per heavy atom. The van der Waals surface area contributed by atoms with Crippen molar-refractivity contribution in [3.05, 3.63) is 60.9 Å². The van der Waals surface area contributed by atoms with Gasteiger partial charge in [-0.1, -0.05) is 45.4 Å². The highest BCUT2D eigenvalue weighted by Crippen LogP contribution is 2.47. The van der Waals surface area contributed by atoms with E-state index < -0.39 is 4.08 Å². The van der Waals surface area contributed by atoms with Gasteiger partial charge in [0.05, 0.1) is 36.6 Å². The molecule has 2 aromatic carbocycles. The van der Waals surface area contributed by atoms with Gasteiger partial charge >= 0.3 is 0 Å². The Morgan fingerprint density at radius 3 is 2.12 bits per heavy atom. The van der Waals surface area contributed by atoms with E-state index in [1.54, 1.807) is 26.6 Å². The number of nitrogens with two attached hydrogens (primary N) is 1. The number of anilines is 2. The molecule has 42 heavy (non-hydrogen) atoms. The third-order valence-corrected chi connectivity index (χ3v) is 10.8. The summed E-state index contributed by atoms with van der Waals surface area (Å²) in [5.41, 5.74) is 8.99. The topological polar surface area (TPSA) is 99.4 Å². The van der Waals surface area contributed by atoms with E-state index in [2.05, 4.69) is 22.2 Å². The Balaban J connectivity index is 0.000000258. The monoisotopic (exact) mass is 606 g/mol. The molecular weight excluding hydrogens is 565 g/mol. The van der Waals surface area contributed by atoms with E-state index in [0.717, 1.165) is 51.8 Å². The molecule has 0 spiro atoms. The summed E-state index contributed by atoms with van der Waals surface area (Å²) in [6.07, 6.45) is 13.1. The van der Waals surface area contributed by atoms with Gasteiger partial charge in [0, 0.05) is 23.2 Å². The lowest BCUT2D eigenvalue weighted by Gasteiger charge is -2.35. The quantitative estimate of drug-likeness (QED) is 0.130. The number of ether oxygens (including phenoxy) is 2. The number of pyridine rings is 2. The molecule has 3 N–H and O–H groups in total. The molecule has 0 saturated carbocycles. The minimum Gasteiger partial charge on any atom is -0.495 e. The molecule has 9 heteroatoms. The molecule has 0 bridgehead atoms. The Bertz CT molecular complexity index is 1460. The van der Waals surface area contributed by atoms with Gasteiger partial charge in [-0.2, -0.15) is 0 Å². The number of thioether (sulfide) groups is 2. The maximum absolute atomic E-state index is 13.5. The molecule has 0 radical (unpaired) electrons. The van der Waals surface area contributed by atoms with E-state index in [4.69, 9.17) is 15.2 Å². The highest BCUT2D eigenvalue weighted by atomic mass is 32.2. The number of nitrogen functional groups attached to an aromatic ring is 1. The van der Waals surface area contributed by atoms with E-state index >= 15 is 0 Å². The van der Waals surface area contributed by atoms with E-state index in [9.17, 15) is 4.79 Å². The Hall–Kier alpha value is -3.17. The SMILES string of the molecule is CCCCCCCCC1(C(=O)Nc2c(OC)ccc3ncccc23)SCCCS1.COc1ccc2ncccc2c1N. The number of hydrogen-bond donors (Lipinski definition) is 2. The molecule has 0 aliphatic carbocycles. The van der Waals surface area contributed by atoms with Crippen molar-refractivity contribution in [1.29, 1.82) is 0 Å². The third-order valence-electron chi connectivity index (χ3n) is 7.38. The van der Waals surface area contributed by atoms with E-state index in [0.29, 0.717) is 17.2 Å². The molecule has 7 nitrogen and oxygen atoms in total. The summed E-state index contributed by atoms with van der Waals surface area (Å²) >= 11 is 3.64. The first-order valence-electron chi connectivity index (χ1n) is 14.7. The number of carbonyl (C=O) groups excluding carboxylic acids is 1. The van der Waals surface area contributed by atoms with Crippen molar-refractivity contribution in [2.45, 2.75) is 62.4 Å². The lowest BCUT2D eigenvalue weighted by molar-refractivity contribution is -0.116. The number of methoxy groups -OCH3 is 2. The molecule has 2 aromatic heterocycles. The minimum atomic E-state index is -0.404. The van der Waals surface area contributed by atoms with Crippen molar-refractivity contribution in [2.24, 2.45) is 0 Å². The van der Waals surface area contributed by atoms with Gasteiger partial charge in [-0.15, -0.1) is 23.5 Å². The Labute approximate surface area is 257 Å². The number of amides is 1. The maximum Gasteiger partial charge on any atom is 0.250 e. The largest absolute Gasteiger partial charge is 0.495 e. The van der Waals surface area contributed by atoms with Crippen molar-refractivity contribution in [3.63, 3.8) is 0 Å². The number of aromatic nitrogens is 2. The van der Waals surface area contributed by atoms with Crippen LogP contribution in [0, 0.1) is 0 Å². The molecule has 0 unspecified atom stereocenters. The highest BCUT2D eigenvalue weighted by molar-refractivity contribution is 8.19. The summed E-state index contributed by atoms with van der Waals surface area (Å²) in [6, 6.07) is 15.2. The van der Waals surface area contributed by atoms with Gasteiger partial charge in [-0.05, 0) is 72.9 Å². The fourth-order valence-corrected chi connectivity index (χ4v) is 8.27. The van der Waals surface area contributed by atoms with Crippen LogP contribution >= 0.6 is 23.5 Å². The molecule has 224 valence electrons. The van der Waals surface area contributed by atoms with Crippen LogP contribution in [0.15, 0.2) is 60.9 Å². The fraction of sp³-hybridized carbons (Fsp3) is 0.424. The second kappa shape index (κ2) is 15.9. The standard InChI is InChI=1S/C23H32N2O2S2.C10H10N2O/c1-3-4-5-6-7-8-14-23(28-16-10-17-29-23)22(26)25-21-18-11-9-15-24-19(18)12-13-20(21)27-2;1-13-9-5-4-8-7(10(9)11)3-2-6-12-8/h9,11-13,15H,3-8,10,14,16-17H2,1-2H3,(H,25,26);2-6H,11H2,1H3. The van der Waals surface area contributed by atoms with Crippen LogP contribution in [0.5, 0.6) is 11.5 Å². The fourth-order valence-electron chi connectivity index (χ4n) is 5.08. The maximum atomic E-state index is 13.5. The van der Waals surface area contributed by atoms with Gasteiger partial charge in [-0.3, -0.25) is 14.8 Å². The molecule has 1 fully saturated rings. The van der Waals surface area contributed by atoms with Crippen molar-refractivity contribution < 1.29 is 14.3 Å². The number of carbonyl (C=O) groups is 1. The summed E-state index contributed by atoms with van der Waals surface area (Å²) in [5.74, 6) is 3.56. The average Bonchev–Trinajstić information content (AvgIpc) is 3.04. The molecule has 1 aliphatic rings. The van der Waals surface area contributed by atoms with Gasteiger partial charge in [0.25, 0.3) is 5.91 Å². The zero-order valence-corrected chi connectivity index (χ0v) is 26.5. The molecule has 5 rings (SSSR count). The van der Waals surface area contributed by atoms with Crippen LogP contribution in [0.25, 0.3) is 21.8 Å². The van der Waals surface area contributed by atoms with E-state index in [1.807, 2.05) is 72.1 Å². The van der Waals surface area contributed by atoms with Gasteiger partial charge in [-0.25, -0.2) is 0 Å².